The van der Waals surface area contributed by atoms with Crippen LogP contribution in [0.2, 0.25) is 0 Å². The lowest BCUT2D eigenvalue weighted by Gasteiger charge is -2.06. The molecule has 2 amide bonds. The van der Waals surface area contributed by atoms with Gasteiger partial charge in [-0.2, -0.15) is 0 Å². The molecule has 1 heterocycles. The van der Waals surface area contributed by atoms with E-state index in [1.165, 1.54) is 5.56 Å². The number of nitrogens with zero attached hydrogens (tertiary/aromatic N) is 1. The first-order chi connectivity index (χ1) is 13.7. The van der Waals surface area contributed by atoms with Crippen molar-refractivity contribution in [1.82, 2.24) is 15.6 Å². The van der Waals surface area contributed by atoms with Gasteiger partial charge in [0.1, 0.15) is 17.2 Å². The molecule has 0 aliphatic carbocycles. The zero-order chi connectivity index (χ0) is 19.8. The average Bonchev–Trinajstić information content (AvgIpc) is 3.09. The maximum Gasteiger partial charge on any atom is 0.315 e. The molecule has 146 valence electrons. The summed E-state index contributed by atoms with van der Waals surface area (Å²) in [6.07, 6.45) is 0.791. The minimum absolute atomic E-state index is 0.221. The van der Waals surface area contributed by atoms with Crippen molar-refractivity contribution >= 4 is 6.03 Å². The topological polar surface area (TPSA) is 76.4 Å². The second-order valence-electron chi connectivity index (χ2n) is 6.32. The van der Waals surface area contributed by atoms with E-state index in [9.17, 15) is 4.79 Å². The molecule has 0 unspecified atom stereocenters. The van der Waals surface area contributed by atoms with E-state index in [4.69, 9.17) is 9.15 Å². The molecule has 0 fully saturated rings. The van der Waals surface area contributed by atoms with Gasteiger partial charge in [0.25, 0.3) is 0 Å². The summed E-state index contributed by atoms with van der Waals surface area (Å²) >= 11 is 0. The van der Waals surface area contributed by atoms with Gasteiger partial charge in [-0.3, -0.25) is 0 Å². The SMILES string of the molecule is CCOc1ccc(-c2nc(CNC(=O)NCCc3ccccc3)c(C)o2)cc1. The summed E-state index contributed by atoms with van der Waals surface area (Å²) in [5, 5.41) is 5.68. The van der Waals surface area contributed by atoms with E-state index in [-0.39, 0.29) is 6.03 Å². The lowest BCUT2D eigenvalue weighted by atomic mass is 10.1. The van der Waals surface area contributed by atoms with E-state index in [1.807, 2.05) is 68.4 Å². The third-order valence-corrected chi connectivity index (χ3v) is 4.26. The van der Waals surface area contributed by atoms with Crippen molar-refractivity contribution in [3.8, 4) is 17.2 Å². The van der Waals surface area contributed by atoms with Crippen LogP contribution in [-0.2, 0) is 13.0 Å². The van der Waals surface area contributed by atoms with Gasteiger partial charge >= 0.3 is 6.03 Å². The summed E-state index contributed by atoms with van der Waals surface area (Å²) in [6.45, 7) is 5.30. The first-order valence-corrected chi connectivity index (χ1v) is 9.41. The van der Waals surface area contributed by atoms with Crippen LogP contribution in [-0.4, -0.2) is 24.2 Å². The van der Waals surface area contributed by atoms with Crippen LogP contribution in [0, 0.1) is 6.92 Å². The molecular formula is C22H25N3O3. The highest BCUT2D eigenvalue weighted by molar-refractivity contribution is 5.73. The van der Waals surface area contributed by atoms with E-state index in [0.29, 0.717) is 37.0 Å². The fourth-order valence-corrected chi connectivity index (χ4v) is 2.77. The predicted molar refractivity (Wildman–Crippen MR) is 108 cm³/mol. The van der Waals surface area contributed by atoms with E-state index >= 15 is 0 Å². The average molecular weight is 379 g/mol. The Kier molecular flexibility index (Phi) is 6.68. The lowest BCUT2D eigenvalue weighted by Crippen LogP contribution is -2.36. The number of aromatic nitrogens is 1. The highest BCUT2D eigenvalue weighted by Gasteiger charge is 2.12. The van der Waals surface area contributed by atoms with Gasteiger partial charge in [-0.05, 0) is 50.1 Å². The highest BCUT2D eigenvalue weighted by atomic mass is 16.5. The predicted octanol–water partition coefficient (Wildman–Crippen LogP) is 4.09. The van der Waals surface area contributed by atoms with Gasteiger partial charge in [0.2, 0.25) is 5.89 Å². The molecule has 3 rings (SSSR count). The highest BCUT2D eigenvalue weighted by Crippen LogP contribution is 2.24. The second kappa shape index (κ2) is 9.60. The summed E-state index contributed by atoms with van der Waals surface area (Å²) in [7, 11) is 0. The van der Waals surface area contributed by atoms with Crippen molar-refractivity contribution in [3.63, 3.8) is 0 Å². The van der Waals surface area contributed by atoms with E-state index < -0.39 is 0 Å². The molecular weight excluding hydrogens is 354 g/mol. The van der Waals surface area contributed by atoms with Crippen LogP contribution in [0.15, 0.2) is 59.0 Å². The number of ether oxygens (including phenoxy) is 1. The molecule has 2 N–H and O–H groups in total. The third kappa shape index (κ3) is 5.36. The molecule has 2 aromatic carbocycles. The van der Waals surface area contributed by atoms with Gasteiger partial charge in [-0.15, -0.1) is 0 Å². The number of hydrogen-bond donors (Lipinski definition) is 2. The Hall–Kier alpha value is -3.28. The van der Waals surface area contributed by atoms with Crippen LogP contribution >= 0.6 is 0 Å². The molecule has 0 radical (unpaired) electrons. The van der Waals surface area contributed by atoms with E-state index in [1.54, 1.807) is 0 Å². The van der Waals surface area contributed by atoms with Crippen LogP contribution in [0.5, 0.6) is 5.75 Å². The number of aryl methyl sites for hydroxylation is 1. The number of benzene rings is 2. The molecule has 28 heavy (non-hydrogen) atoms. The smallest absolute Gasteiger partial charge is 0.315 e. The summed E-state index contributed by atoms with van der Waals surface area (Å²) in [5.74, 6) is 2.03. The quantitative estimate of drug-likeness (QED) is 0.618. The lowest BCUT2D eigenvalue weighted by molar-refractivity contribution is 0.240. The zero-order valence-corrected chi connectivity index (χ0v) is 16.2. The van der Waals surface area contributed by atoms with E-state index in [0.717, 1.165) is 17.7 Å². The number of amides is 2. The number of urea groups is 1. The maximum atomic E-state index is 12.0. The Balaban J connectivity index is 1.50. The van der Waals surface area contributed by atoms with Crippen LogP contribution in [0.3, 0.4) is 0 Å². The van der Waals surface area contributed by atoms with Crippen molar-refractivity contribution in [2.75, 3.05) is 13.2 Å². The molecule has 0 spiro atoms. The molecule has 0 atom stereocenters. The molecule has 0 bridgehead atoms. The Labute approximate surface area is 164 Å². The van der Waals surface area contributed by atoms with Crippen molar-refractivity contribution in [3.05, 3.63) is 71.6 Å². The van der Waals surface area contributed by atoms with Crippen molar-refractivity contribution in [2.45, 2.75) is 26.8 Å². The maximum absolute atomic E-state index is 12.0. The number of rotatable bonds is 8. The van der Waals surface area contributed by atoms with Gasteiger partial charge in [-0.1, -0.05) is 30.3 Å². The van der Waals surface area contributed by atoms with Crippen LogP contribution in [0.4, 0.5) is 4.79 Å². The molecule has 6 nitrogen and oxygen atoms in total. The minimum atomic E-state index is -0.221. The van der Waals surface area contributed by atoms with Gasteiger partial charge in [0.05, 0.1) is 13.2 Å². The van der Waals surface area contributed by atoms with Gasteiger partial charge in [0.15, 0.2) is 0 Å². The monoisotopic (exact) mass is 379 g/mol. The minimum Gasteiger partial charge on any atom is -0.494 e. The first-order valence-electron chi connectivity index (χ1n) is 9.41. The fraction of sp³-hybridized carbons (Fsp3) is 0.273. The summed E-state index contributed by atoms with van der Waals surface area (Å²) in [4.78, 5) is 16.5. The van der Waals surface area contributed by atoms with Gasteiger partial charge < -0.3 is 19.8 Å². The third-order valence-electron chi connectivity index (χ3n) is 4.26. The first kappa shape index (κ1) is 19.5. The molecule has 0 saturated heterocycles. The Morgan fingerprint density at radius 3 is 2.54 bits per heavy atom. The van der Waals surface area contributed by atoms with Gasteiger partial charge in [-0.25, -0.2) is 9.78 Å². The number of carbonyl (C=O) groups is 1. The Bertz CT molecular complexity index is 889. The molecule has 0 aliphatic rings. The summed E-state index contributed by atoms with van der Waals surface area (Å²) < 4.78 is 11.2. The number of nitrogens with one attached hydrogen (secondary N) is 2. The second-order valence-corrected chi connectivity index (χ2v) is 6.32. The number of oxazole rings is 1. The number of hydrogen-bond acceptors (Lipinski definition) is 4. The standard InChI is InChI=1S/C22H25N3O3/c1-3-27-19-11-9-18(10-12-19)21-25-20(16(2)28-21)15-24-22(26)23-14-13-17-7-5-4-6-8-17/h4-12H,3,13-15H2,1-2H3,(H2,23,24,26). The number of carbonyl (C=O) groups excluding carboxylic acids is 1. The molecule has 0 saturated carbocycles. The van der Waals surface area contributed by atoms with Crippen molar-refractivity contribution in [1.29, 1.82) is 0 Å². The normalized spacial score (nSPS) is 10.5. The molecule has 6 heteroatoms. The Morgan fingerprint density at radius 2 is 1.82 bits per heavy atom. The van der Waals surface area contributed by atoms with Crippen LogP contribution < -0.4 is 15.4 Å². The van der Waals surface area contributed by atoms with Gasteiger partial charge in [0, 0.05) is 12.1 Å². The Morgan fingerprint density at radius 1 is 1.07 bits per heavy atom. The van der Waals surface area contributed by atoms with E-state index in [2.05, 4.69) is 15.6 Å². The molecule has 3 aromatic rings. The molecule has 1 aromatic heterocycles. The van der Waals surface area contributed by atoms with Crippen LogP contribution in [0.1, 0.15) is 23.9 Å². The fourth-order valence-electron chi connectivity index (χ4n) is 2.77. The molecule has 0 aliphatic heterocycles. The van der Waals surface area contributed by atoms with Crippen molar-refractivity contribution in [2.24, 2.45) is 0 Å². The van der Waals surface area contributed by atoms with Crippen molar-refractivity contribution < 1.29 is 13.9 Å². The zero-order valence-electron chi connectivity index (χ0n) is 16.2. The van der Waals surface area contributed by atoms with Crippen LogP contribution in [0.25, 0.3) is 11.5 Å². The summed E-state index contributed by atoms with van der Waals surface area (Å²) in [5.41, 5.74) is 2.77. The largest absolute Gasteiger partial charge is 0.494 e. The summed E-state index contributed by atoms with van der Waals surface area (Å²) in [6, 6.07) is 17.4.